The van der Waals surface area contributed by atoms with Crippen LogP contribution in [0.25, 0.3) is 5.65 Å². The second kappa shape index (κ2) is 9.34. The van der Waals surface area contributed by atoms with Crippen LogP contribution in [-0.2, 0) is 11.4 Å². The molecule has 1 N–H and O–H groups in total. The summed E-state index contributed by atoms with van der Waals surface area (Å²) in [6.07, 6.45) is 1.05. The molecule has 2 aromatic carbocycles. The third kappa shape index (κ3) is 4.95. The Morgan fingerprint density at radius 3 is 2.53 bits per heavy atom. The van der Waals surface area contributed by atoms with Gasteiger partial charge in [-0.1, -0.05) is 24.3 Å². The monoisotopic (exact) mass is 429 g/mol. The van der Waals surface area contributed by atoms with Gasteiger partial charge >= 0.3 is 0 Å². The zero-order valence-electron chi connectivity index (χ0n) is 17.8. The number of carbonyl (C=O) groups is 1. The average molecular weight is 429 g/mol. The molecule has 1 atom stereocenters. The van der Waals surface area contributed by atoms with Crippen molar-refractivity contribution in [2.45, 2.75) is 26.6 Å². The molecule has 7 nitrogen and oxygen atoms in total. The topological polar surface area (TPSA) is 81.9 Å². The van der Waals surface area contributed by atoms with Crippen LogP contribution in [0.15, 0.2) is 83.8 Å². The Labute approximate surface area is 185 Å². The van der Waals surface area contributed by atoms with E-state index in [0.29, 0.717) is 28.5 Å². The molecule has 162 valence electrons. The molecule has 0 radical (unpaired) electrons. The first-order chi connectivity index (χ1) is 15.5. The number of rotatable bonds is 7. The van der Waals surface area contributed by atoms with E-state index in [-0.39, 0.29) is 18.1 Å². The fourth-order valence-electron chi connectivity index (χ4n) is 3.18. The number of para-hydroxylation sites is 1. The van der Waals surface area contributed by atoms with E-state index in [2.05, 4.69) is 10.3 Å². The number of carbonyl (C=O) groups excluding carboxylic acids is 1. The van der Waals surface area contributed by atoms with Gasteiger partial charge in [0.25, 0.3) is 11.5 Å². The van der Waals surface area contributed by atoms with Crippen molar-refractivity contribution in [2.24, 2.45) is 0 Å². The van der Waals surface area contributed by atoms with Crippen molar-refractivity contribution in [3.05, 3.63) is 101 Å². The minimum absolute atomic E-state index is 0.151. The van der Waals surface area contributed by atoms with E-state index in [1.54, 1.807) is 49.5 Å². The van der Waals surface area contributed by atoms with Gasteiger partial charge in [-0.3, -0.25) is 14.0 Å². The van der Waals surface area contributed by atoms with E-state index in [1.807, 2.05) is 37.3 Å². The minimum Gasteiger partial charge on any atom is -0.487 e. The van der Waals surface area contributed by atoms with Crippen molar-refractivity contribution >= 4 is 17.2 Å². The highest BCUT2D eigenvalue weighted by Crippen LogP contribution is 2.18. The van der Waals surface area contributed by atoms with Gasteiger partial charge < -0.3 is 14.8 Å². The molecule has 0 spiro atoms. The number of aromatic nitrogens is 2. The molecule has 0 bridgehead atoms. The minimum atomic E-state index is -0.644. The summed E-state index contributed by atoms with van der Waals surface area (Å²) in [5.41, 5.74) is 2.56. The molecule has 0 unspecified atom stereocenters. The molecule has 0 aliphatic carbocycles. The summed E-state index contributed by atoms with van der Waals surface area (Å²) in [5.74, 6) is 0.984. The van der Waals surface area contributed by atoms with Crippen LogP contribution in [0, 0.1) is 6.92 Å². The third-order valence-electron chi connectivity index (χ3n) is 4.87. The highest BCUT2D eigenvalue weighted by Gasteiger charge is 2.15. The zero-order chi connectivity index (χ0) is 22.5. The second-order valence-corrected chi connectivity index (χ2v) is 7.35. The van der Waals surface area contributed by atoms with E-state index in [9.17, 15) is 9.59 Å². The van der Waals surface area contributed by atoms with Gasteiger partial charge in [0.05, 0.1) is 5.69 Å². The quantitative estimate of drug-likeness (QED) is 0.480. The summed E-state index contributed by atoms with van der Waals surface area (Å²) < 4.78 is 12.9. The zero-order valence-corrected chi connectivity index (χ0v) is 17.8. The molecule has 0 saturated heterocycles. The van der Waals surface area contributed by atoms with Crippen LogP contribution in [0.5, 0.6) is 11.5 Å². The van der Waals surface area contributed by atoms with Gasteiger partial charge in [0.2, 0.25) is 0 Å². The lowest BCUT2D eigenvalue weighted by Gasteiger charge is -2.15. The number of nitrogens with one attached hydrogen (secondary N) is 1. The Kier molecular flexibility index (Phi) is 6.17. The Hall–Kier alpha value is -4.13. The third-order valence-corrected chi connectivity index (χ3v) is 4.87. The standard InChI is InChI=1S/C25H23N3O4/c1-17-7-6-14-28-23(29)15-20(26-24(17)28)16-31-21-12-10-19(11-13-21)27-25(30)18(2)32-22-8-4-3-5-9-22/h3-15,18H,16H2,1-2H3,(H,27,30)/t18-/m1/s1. The summed E-state index contributed by atoms with van der Waals surface area (Å²) in [7, 11) is 0. The number of nitrogens with zero attached hydrogens (tertiary/aromatic N) is 2. The highest BCUT2D eigenvalue weighted by molar-refractivity contribution is 5.94. The fourth-order valence-corrected chi connectivity index (χ4v) is 3.18. The maximum atomic E-state index is 12.4. The maximum absolute atomic E-state index is 12.4. The molecule has 7 heteroatoms. The van der Waals surface area contributed by atoms with Crippen LogP contribution in [-0.4, -0.2) is 21.4 Å². The maximum Gasteiger partial charge on any atom is 0.265 e. The Bertz CT molecular complexity index is 1280. The molecular formula is C25H23N3O4. The van der Waals surface area contributed by atoms with Crippen molar-refractivity contribution in [1.29, 1.82) is 0 Å². The number of ether oxygens (including phenoxy) is 2. The van der Waals surface area contributed by atoms with Gasteiger partial charge in [-0.25, -0.2) is 4.98 Å². The molecule has 4 aromatic rings. The molecule has 0 saturated carbocycles. The Balaban J connectivity index is 1.36. The molecule has 2 aromatic heterocycles. The SMILES string of the molecule is Cc1cccn2c(=O)cc(COc3ccc(NC(=O)[C@@H](C)Oc4ccccc4)cc3)nc12. The number of hydrogen-bond donors (Lipinski definition) is 1. The summed E-state index contributed by atoms with van der Waals surface area (Å²) in [6.45, 7) is 3.76. The van der Waals surface area contributed by atoms with Gasteiger partial charge in [0, 0.05) is 18.0 Å². The summed E-state index contributed by atoms with van der Waals surface area (Å²) >= 11 is 0. The molecule has 0 fully saturated rings. The van der Waals surface area contributed by atoms with E-state index in [4.69, 9.17) is 9.47 Å². The van der Waals surface area contributed by atoms with Crippen molar-refractivity contribution in [3.63, 3.8) is 0 Å². The average Bonchev–Trinajstić information content (AvgIpc) is 2.80. The van der Waals surface area contributed by atoms with Crippen LogP contribution >= 0.6 is 0 Å². The first kappa shape index (κ1) is 21.1. The van der Waals surface area contributed by atoms with Crippen molar-refractivity contribution in [3.8, 4) is 11.5 Å². The Morgan fingerprint density at radius 1 is 1.03 bits per heavy atom. The largest absolute Gasteiger partial charge is 0.487 e. The fraction of sp³-hybridized carbons (Fsp3) is 0.160. The highest BCUT2D eigenvalue weighted by atomic mass is 16.5. The summed E-state index contributed by atoms with van der Waals surface area (Å²) in [4.78, 5) is 29.2. The number of anilines is 1. The van der Waals surface area contributed by atoms with Crippen LogP contribution in [0.1, 0.15) is 18.2 Å². The molecule has 0 aliphatic rings. The predicted molar refractivity (Wildman–Crippen MR) is 122 cm³/mol. The van der Waals surface area contributed by atoms with Crippen LogP contribution in [0.3, 0.4) is 0 Å². The number of benzene rings is 2. The van der Waals surface area contributed by atoms with Gasteiger partial charge in [-0.15, -0.1) is 0 Å². The Morgan fingerprint density at radius 2 is 1.78 bits per heavy atom. The number of pyridine rings is 1. The van der Waals surface area contributed by atoms with E-state index >= 15 is 0 Å². The lowest BCUT2D eigenvalue weighted by atomic mass is 10.2. The smallest absolute Gasteiger partial charge is 0.265 e. The first-order valence-electron chi connectivity index (χ1n) is 10.2. The number of amides is 1. The van der Waals surface area contributed by atoms with Gasteiger partial charge in [0.15, 0.2) is 6.10 Å². The van der Waals surface area contributed by atoms with Gasteiger partial charge in [-0.2, -0.15) is 0 Å². The second-order valence-electron chi connectivity index (χ2n) is 7.35. The lowest BCUT2D eigenvalue weighted by Crippen LogP contribution is -2.30. The molecule has 1 amide bonds. The normalized spacial score (nSPS) is 11.7. The van der Waals surface area contributed by atoms with E-state index in [1.165, 1.54) is 10.5 Å². The molecule has 4 rings (SSSR count). The molecular weight excluding hydrogens is 406 g/mol. The van der Waals surface area contributed by atoms with Gasteiger partial charge in [0.1, 0.15) is 23.8 Å². The molecule has 2 heterocycles. The summed E-state index contributed by atoms with van der Waals surface area (Å²) in [6, 6.07) is 21.4. The molecule has 0 aliphatic heterocycles. The number of aryl methyl sites for hydroxylation is 1. The van der Waals surface area contributed by atoms with E-state index < -0.39 is 6.10 Å². The van der Waals surface area contributed by atoms with Crippen molar-refractivity contribution in [1.82, 2.24) is 9.38 Å². The number of hydrogen-bond acceptors (Lipinski definition) is 5. The lowest BCUT2D eigenvalue weighted by molar-refractivity contribution is -0.122. The van der Waals surface area contributed by atoms with Crippen molar-refractivity contribution in [2.75, 3.05) is 5.32 Å². The van der Waals surface area contributed by atoms with Crippen molar-refractivity contribution < 1.29 is 14.3 Å². The van der Waals surface area contributed by atoms with E-state index in [0.717, 1.165) is 5.56 Å². The van der Waals surface area contributed by atoms with Crippen LogP contribution < -0.4 is 20.3 Å². The predicted octanol–water partition coefficient (Wildman–Crippen LogP) is 3.99. The summed E-state index contributed by atoms with van der Waals surface area (Å²) in [5, 5.41) is 2.82. The first-order valence-corrected chi connectivity index (χ1v) is 10.2. The van der Waals surface area contributed by atoms with Gasteiger partial charge in [-0.05, 0) is 61.9 Å². The van der Waals surface area contributed by atoms with Crippen LogP contribution in [0.4, 0.5) is 5.69 Å². The molecule has 32 heavy (non-hydrogen) atoms. The van der Waals surface area contributed by atoms with Crippen LogP contribution in [0.2, 0.25) is 0 Å². The number of fused-ring (bicyclic) bond motifs is 1.